The van der Waals surface area contributed by atoms with E-state index in [-0.39, 0.29) is 29.8 Å². The lowest BCUT2D eigenvalue weighted by Gasteiger charge is -2.25. The van der Waals surface area contributed by atoms with Crippen molar-refractivity contribution in [2.45, 2.75) is 106 Å². The number of nitrogens with one attached hydrogen (secondary N) is 1. The third-order valence-electron chi connectivity index (χ3n) is 10.4. The minimum Gasteiger partial charge on any atom is -0.492 e. The lowest BCUT2D eigenvalue weighted by molar-refractivity contribution is 0.0480. The van der Waals surface area contributed by atoms with Crippen molar-refractivity contribution in [3.63, 3.8) is 0 Å². The first kappa shape index (κ1) is 47.0. The number of ether oxygens (including phenoxy) is 3. The summed E-state index contributed by atoms with van der Waals surface area (Å²) >= 11 is 3.62. The molecule has 0 aliphatic rings. The van der Waals surface area contributed by atoms with Crippen LogP contribution >= 0.6 is 15.9 Å². The number of carbonyl (C=O) groups excluding carboxylic acids is 1. The number of aromatic nitrogens is 4. The molecule has 6 aromatic rings. The fraction of sp³-hybridized carbons (Fsp3) is 0.468. The first-order valence-electron chi connectivity index (χ1n) is 20.8. The van der Waals surface area contributed by atoms with E-state index in [9.17, 15) is 19.5 Å². The summed E-state index contributed by atoms with van der Waals surface area (Å²) in [5.74, 6) is 2.00. The van der Waals surface area contributed by atoms with Crippen LogP contribution in [0, 0.1) is 25.7 Å². The second kappa shape index (κ2) is 19.3. The highest BCUT2D eigenvalue weighted by molar-refractivity contribution is 9.10. The van der Waals surface area contributed by atoms with Gasteiger partial charge in [-0.1, -0.05) is 27.7 Å². The van der Waals surface area contributed by atoms with E-state index >= 15 is 0 Å². The molecule has 1 unspecified atom stereocenters. The van der Waals surface area contributed by atoms with Crippen LogP contribution in [0.1, 0.15) is 91.3 Å². The second-order valence-electron chi connectivity index (χ2n) is 17.7. The highest BCUT2D eigenvalue weighted by Gasteiger charge is 2.23. The number of aryl methyl sites for hydroxylation is 4. The third-order valence-corrected chi connectivity index (χ3v) is 11.0. The van der Waals surface area contributed by atoms with Crippen LogP contribution in [-0.2, 0) is 18.8 Å². The number of hydrogen-bond donors (Lipinski definition) is 3. The smallest absolute Gasteiger partial charge is 0.407 e. The van der Waals surface area contributed by atoms with Crippen LogP contribution in [0.2, 0.25) is 0 Å². The van der Waals surface area contributed by atoms with E-state index in [1.165, 1.54) is 0 Å². The van der Waals surface area contributed by atoms with Crippen molar-refractivity contribution in [2.24, 2.45) is 31.7 Å². The number of rotatable bonds is 12. The van der Waals surface area contributed by atoms with Gasteiger partial charge in [0.25, 0.3) is 11.1 Å². The number of aliphatic hydroxyl groups excluding tert-OH is 1. The summed E-state index contributed by atoms with van der Waals surface area (Å²) in [6.45, 7) is 19.9. The predicted molar refractivity (Wildman–Crippen MR) is 248 cm³/mol. The van der Waals surface area contributed by atoms with Crippen LogP contribution < -0.4 is 31.6 Å². The van der Waals surface area contributed by atoms with Gasteiger partial charge in [-0.2, -0.15) is 0 Å². The Kier molecular flexibility index (Phi) is 14.9. The van der Waals surface area contributed by atoms with E-state index in [2.05, 4.69) is 58.9 Å². The number of nitrogens with two attached hydrogens (primary N) is 1. The molecule has 4 aromatic heterocycles. The normalized spacial score (nSPS) is 13.4. The minimum atomic E-state index is -0.712. The van der Waals surface area contributed by atoms with Gasteiger partial charge in [0.1, 0.15) is 30.3 Å². The number of pyridine rings is 4. The number of aliphatic hydroxyl groups is 1. The molecule has 1 amide bonds. The van der Waals surface area contributed by atoms with Crippen LogP contribution in [0.15, 0.2) is 62.9 Å². The lowest BCUT2D eigenvalue weighted by atomic mass is 10.0. The molecule has 4 heterocycles. The van der Waals surface area contributed by atoms with Gasteiger partial charge in [-0.05, 0) is 117 Å². The number of benzene rings is 2. The molecule has 0 aliphatic heterocycles. The second-order valence-corrected chi connectivity index (χ2v) is 18.6. The largest absolute Gasteiger partial charge is 0.492 e. The maximum atomic E-state index is 13.0. The molecule has 2 aromatic carbocycles. The van der Waals surface area contributed by atoms with Crippen LogP contribution in [0.25, 0.3) is 43.4 Å². The number of amides is 1. The molecule has 6 rings (SSSR count). The Bertz CT molecular complexity index is 2680. The zero-order valence-corrected chi connectivity index (χ0v) is 39.1. The molecule has 3 atom stereocenters. The Labute approximate surface area is 365 Å². The summed E-state index contributed by atoms with van der Waals surface area (Å²) in [5, 5.41) is 18.0. The van der Waals surface area contributed by atoms with Crippen molar-refractivity contribution in [1.29, 1.82) is 0 Å². The van der Waals surface area contributed by atoms with Crippen molar-refractivity contribution >= 4 is 65.4 Å². The molecule has 0 saturated heterocycles. The average molecular weight is 902 g/mol. The molecule has 0 radical (unpaired) electrons. The number of fused-ring (bicyclic) bond motifs is 6. The molecule has 4 N–H and O–H groups in total. The Hall–Kier alpha value is -5.05. The molecule has 13 nitrogen and oxygen atoms in total. The summed E-state index contributed by atoms with van der Waals surface area (Å²) in [6, 6.07) is 10.9. The molecule has 0 bridgehead atoms. The van der Waals surface area contributed by atoms with E-state index < -0.39 is 17.8 Å². The van der Waals surface area contributed by atoms with Crippen LogP contribution in [-0.4, -0.2) is 61.2 Å². The van der Waals surface area contributed by atoms with Gasteiger partial charge >= 0.3 is 6.09 Å². The molecule has 0 saturated carbocycles. The minimum absolute atomic E-state index is 0.0910. The Balaban J connectivity index is 0.000000234. The van der Waals surface area contributed by atoms with Gasteiger partial charge < -0.3 is 39.5 Å². The van der Waals surface area contributed by atoms with Gasteiger partial charge in [0.15, 0.2) is 0 Å². The summed E-state index contributed by atoms with van der Waals surface area (Å²) in [4.78, 5) is 46.7. The van der Waals surface area contributed by atoms with E-state index in [0.29, 0.717) is 57.7 Å². The monoisotopic (exact) mass is 900 g/mol. The van der Waals surface area contributed by atoms with E-state index in [0.717, 1.165) is 49.9 Å². The fourth-order valence-corrected chi connectivity index (χ4v) is 8.08. The van der Waals surface area contributed by atoms with Gasteiger partial charge in [0.05, 0.1) is 49.8 Å². The standard InChI is InChI=1S/C25H32BrN3O4.C22H29N3O3/c1-14(2)10-16(28-24(31)33-25(4,5)6)13-32-21-12-20-18(11-19(21)26)17-8-9-27-15(3)22(17)23(30)29(20)7;1-12(2)8-15(23)11-28-20-10-19-18(9-17(20)14(4)26)16-6-7-24-13(3)21(16)22(27)25(19)5/h8-9,11-12,14,16H,10,13H2,1-7H3,(H,28,31);6-7,9-10,12,14-15,26H,8,11,23H2,1-5H3/t16-;14?,15-/m00/s1. The number of halogens is 1. The van der Waals surface area contributed by atoms with Gasteiger partial charge in [-0.3, -0.25) is 19.6 Å². The molecular weight excluding hydrogens is 840 g/mol. The van der Waals surface area contributed by atoms with E-state index in [1.54, 1.807) is 42.5 Å². The van der Waals surface area contributed by atoms with Crippen molar-refractivity contribution in [1.82, 2.24) is 24.4 Å². The first-order chi connectivity index (χ1) is 28.6. The van der Waals surface area contributed by atoms with Crippen LogP contribution in [0.5, 0.6) is 11.5 Å². The summed E-state index contributed by atoms with van der Waals surface area (Å²) in [7, 11) is 3.49. The molecule has 0 spiro atoms. The predicted octanol–water partition coefficient (Wildman–Crippen LogP) is 8.68. The summed E-state index contributed by atoms with van der Waals surface area (Å²) in [6.07, 6.45) is 3.83. The Morgan fingerprint density at radius 3 is 1.77 bits per heavy atom. The van der Waals surface area contributed by atoms with Crippen molar-refractivity contribution in [3.05, 3.63) is 90.9 Å². The van der Waals surface area contributed by atoms with Gasteiger partial charge in [0, 0.05) is 61.0 Å². The average Bonchev–Trinajstić information content (AvgIpc) is 3.16. The maximum absolute atomic E-state index is 13.0. The molecule has 328 valence electrons. The molecule has 14 heteroatoms. The quantitative estimate of drug-likeness (QED) is 0.101. The van der Waals surface area contributed by atoms with Crippen LogP contribution in [0.4, 0.5) is 4.79 Å². The summed E-state index contributed by atoms with van der Waals surface area (Å²) in [5.41, 5.74) is 8.98. The van der Waals surface area contributed by atoms with Crippen molar-refractivity contribution in [3.8, 4) is 11.5 Å². The number of hydrogen-bond acceptors (Lipinski definition) is 10. The first-order valence-corrected chi connectivity index (χ1v) is 21.5. The van der Waals surface area contributed by atoms with Crippen LogP contribution in [0.3, 0.4) is 0 Å². The zero-order chi connectivity index (χ0) is 45.1. The lowest BCUT2D eigenvalue weighted by Crippen LogP contribution is -2.42. The molecule has 0 aliphatic carbocycles. The summed E-state index contributed by atoms with van der Waals surface area (Å²) < 4.78 is 21.5. The van der Waals surface area contributed by atoms with Crippen molar-refractivity contribution < 1.29 is 24.1 Å². The van der Waals surface area contributed by atoms with Gasteiger partial charge in [-0.25, -0.2) is 4.79 Å². The third kappa shape index (κ3) is 11.1. The molecular formula is C47H61BrN6O7. The fourth-order valence-electron chi connectivity index (χ4n) is 7.63. The number of carbonyl (C=O) groups is 1. The van der Waals surface area contributed by atoms with Gasteiger partial charge in [0.2, 0.25) is 0 Å². The highest BCUT2D eigenvalue weighted by atomic mass is 79.9. The van der Waals surface area contributed by atoms with Gasteiger partial charge in [-0.15, -0.1) is 0 Å². The molecule has 61 heavy (non-hydrogen) atoms. The van der Waals surface area contributed by atoms with E-state index in [1.807, 2.05) is 71.0 Å². The topological polar surface area (TPSA) is 173 Å². The van der Waals surface area contributed by atoms with E-state index in [4.69, 9.17) is 19.9 Å². The highest BCUT2D eigenvalue weighted by Crippen LogP contribution is 2.35. The number of alkyl carbamates (subject to hydrolysis) is 1. The Morgan fingerprint density at radius 1 is 0.787 bits per heavy atom. The Morgan fingerprint density at radius 2 is 1.28 bits per heavy atom. The SMILES string of the molecule is Cc1nccc2c1c(=O)n(C)c1cc(OC[C@@H](N)CC(C)C)c(C(C)O)cc21.Cc1nccc2c1c(=O)n(C)c1cc(OC[C@H](CC(C)C)NC(=O)OC(C)(C)C)c(Br)cc21. The maximum Gasteiger partial charge on any atom is 0.407 e. The van der Waals surface area contributed by atoms with Crippen molar-refractivity contribution in [2.75, 3.05) is 13.2 Å². The molecule has 0 fully saturated rings. The number of nitrogens with zero attached hydrogens (tertiary/aromatic N) is 4. The zero-order valence-electron chi connectivity index (χ0n) is 37.5.